The van der Waals surface area contributed by atoms with Crippen LogP contribution < -0.4 is 0 Å². The molecule has 9 heteroatoms. The van der Waals surface area contributed by atoms with Crippen LogP contribution in [0, 0.1) is 0 Å². The van der Waals surface area contributed by atoms with Gasteiger partial charge >= 0.3 is 6.09 Å². The number of hydrogen-bond acceptors (Lipinski definition) is 6. The summed E-state index contributed by atoms with van der Waals surface area (Å²) in [5, 5.41) is 1.55. The Morgan fingerprint density at radius 2 is 1.19 bits per heavy atom. The molecular formula is C23H21N3O6. The maximum atomic E-state index is 12.9. The fourth-order valence-corrected chi connectivity index (χ4v) is 3.62. The minimum atomic E-state index is -0.941. The highest BCUT2D eigenvalue weighted by Gasteiger charge is 2.43. The van der Waals surface area contributed by atoms with Gasteiger partial charge in [-0.2, -0.15) is 5.01 Å². The topological polar surface area (TPSA) is 104 Å². The largest absolute Gasteiger partial charge is 0.442 e. The van der Waals surface area contributed by atoms with Gasteiger partial charge in [0.25, 0.3) is 23.6 Å². The van der Waals surface area contributed by atoms with Crippen LogP contribution in [0.2, 0.25) is 0 Å². The molecule has 2 heterocycles. The SMILES string of the molecule is CC(C)(C)OC(=O)N(CCN1C(=O)c2ccccc2C1=O)N1C(=O)c2ccccc2C1=O. The lowest BCUT2D eigenvalue weighted by molar-refractivity contribution is -0.0300. The van der Waals surface area contributed by atoms with E-state index in [9.17, 15) is 24.0 Å². The van der Waals surface area contributed by atoms with Crippen molar-refractivity contribution in [3.05, 3.63) is 70.8 Å². The summed E-state index contributed by atoms with van der Waals surface area (Å²) in [5.41, 5.74) is -0.0496. The summed E-state index contributed by atoms with van der Waals surface area (Å²) in [6.07, 6.45) is -0.941. The molecule has 0 aromatic heterocycles. The number of benzene rings is 2. The number of nitrogens with zero attached hydrogens (tertiary/aromatic N) is 3. The minimum Gasteiger partial charge on any atom is -0.442 e. The van der Waals surface area contributed by atoms with E-state index in [1.165, 1.54) is 12.1 Å². The maximum absolute atomic E-state index is 12.9. The quantitative estimate of drug-likeness (QED) is 0.684. The number of fused-ring (bicyclic) bond motifs is 2. The second-order valence-electron chi connectivity index (χ2n) is 8.38. The Bertz CT molecular complexity index is 1100. The molecule has 0 fully saturated rings. The zero-order valence-electron chi connectivity index (χ0n) is 17.8. The fourth-order valence-electron chi connectivity index (χ4n) is 3.62. The van der Waals surface area contributed by atoms with Crippen molar-refractivity contribution >= 4 is 29.7 Å². The van der Waals surface area contributed by atoms with Crippen LogP contribution in [0.5, 0.6) is 0 Å². The Morgan fingerprint density at radius 3 is 1.59 bits per heavy atom. The van der Waals surface area contributed by atoms with Gasteiger partial charge in [0.05, 0.1) is 28.8 Å². The van der Waals surface area contributed by atoms with E-state index in [1.54, 1.807) is 57.2 Å². The van der Waals surface area contributed by atoms with E-state index in [0.717, 1.165) is 9.91 Å². The first-order chi connectivity index (χ1) is 15.1. The number of rotatable bonds is 4. The van der Waals surface area contributed by atoms with Crippen LogP contribution in [0.15, 0.2) is 48.5 Å². The lowest BCUT2D eigenvalue weighted by Gasteiger charge is -2.32. The molecule has 5 amide bonds. The van der Waals surface area contributed by atoms with E-state index in [-0.39, 0.29) is 35.3 Å². The van der Waals surface area contributed by atoms with Gasteiger partial charge in [-0.05, 0) is 45.0 Å². The molecule has 2 aromatic rings. The highest BCUT2D eigenvalue weighted by molar-refractivity contribution is 6.22. The summed E-state index contributed by atoms with van der Waals surface area (Å²) in [4.78, 5) is 65.1. The van der Waals surface area contributed by atoms with Crippen molar-refractivity contribution in [2.24, 2.45) is 0 Å². The third-order valence-electron chi connectivity index (χ3n) is 5.03. The van der Waals surface area contributed by atoms with Gasteiger partial charge in [-0.15, -0.1) is 0 Å². The lowest BCUT2D eigenvalue weighted by atomic mass is 10.1. The molecule has 0 N–H and O–H groups in total. The Morgan fingerprint density at radius 1 is 0.781 bits per heavy atom. The zero-order chi connectivity index (χ0) is 23.2. The van der Waals surface area contributed by atoms with Crippen LogP contribution in [0.4, 0.5) is 4.79 Å². The molecule has 0 atom stereocenters. The van der Waals surface area contributed by atoms with Crippen molar-refractivity contribution in [1.82, 2.24) is 14.9 Å². The first-order valence-electron chi connectivity index (χ1n) is 10.0. The third kappa shape index (κ3) is 3.51. The molecule has 9 nitrogen and oxygen atoms in total. The molecule has 0 aliphatic carbocycles. The second-order valence-corrected chi connectivity index (χ2v) is 8.38. The molecule has 0 bridgehead atoms. The van der Waals surface area contributed by atoms with Gasteiger partial charge in [-0.3, -0.25) is 24.1 Å². The number of hydrogen-bond donors (Lipinski definition) is 0. The lowest BCUT2D eigenvalue weighted by Crippen LogP contribution is -2.53. The molecule has 2 aromatic carbocycles. The van der Waals surface area contributed by atoms with Crippen LogP contribution in [0.25, 0.3) is 0 Å². The second kappa shape index (κ2) is 7.60. The van der Waals surface area contributed by atoms with Crippen molar-refractivity contribution < 1.29 is 28.7 Å². The van der Waals surface area contributed by atoms with Crippen LogP contribution >= 0.6 is 0 Å². The molecule has 32 heavy (non-hydrogen) atoms. The molecular weight excluding hydrogens is 414 g/mol. The summed E-state index contributed by atoms with van der Waals surface area (Å²) < 4.78 is 5.39. The molecule has 0 saturated heterocycles. The van der Waals surface area contributed by atoms with E-state index < -0.39 is 35.3 Å². The number of hydrazine groups is 1. The zero-order valence-corrected chi connectivity index (χ0v) is 17.8. The Balaban J connectivity index is 1.61. The normalized spacial score (nSPS) is 15.2. The van der Waals surface area contributed by atoms with Crippen LogP contribution in [0.1, 0.15) is 62.2 Å². The number of carbonyl (C=O) groups excluding carboxylic acids is 5. The highest BCUT2D eigenvalue weighted by Crippen LogP contribution is 2.26. The fraction of sp³-hybridized carbons (Fsp3) is 0.261. The van der Waals surface area contributed by atoms with Crippen LogP contribution in [-0.4, -0.2) is 63.3 Å². The van der Waals surface area contributed by atoms with E-state index in [0.29, 0.717) is 5.01 Å². The Kier molecular flexibility index (Phi) is 5.04. The molecule has 0 spiro atoms. The third-order valence-corrected chi connectivity index (χ3v) is 5.03. The summed E-state index contributed by atoms with van der Waals surface area (Å²) in [5.74, 6) is -2.37. The molecule has 0 unspecified atom stereocenters. The molecule has 2 aliphatic heterocycles. The summed E-state index contributed by atoms with van der Waals surface area (Å²) in [6.45, 7) is 4.42. The highest BCUT2D eigenvalue weighted by atomic mass is 16.6. The summed E-state index contributed by atoms with van der Waals surface area (Å²) >= 11 is 0. The van der Waals surface area contributed by atoms with Crippen molar-refractivity contribution in [2.45, 2.75) is 26.4 Å². The average Bonchev–Trinajstić information content (AvgIpc) is 3.13. The van der Waals surface area contributed by atoms with Gasteiger partial charge in [-0.1, -0.05) is 24.3 Å². The first-order valence-corrected chi connectivity index (χ1v) is 10.0. The first kappa shape index (κ1) is 21.2. The van der Waals surface area contributed by atoms with Crippen molar-refractivity contribution in [3.63, 3.8) is 0 Å². The van der Waals surface area contributed by atoms with E-state index in [4.69, 9.17) is 4.74 Å². The summed E-state index contributed by atoms with van der Waals surface area (Å²) in [7, 11) is 0. The molecule has 4 rings (SSSR count). The van der Waals surface area contributed by atoms with Crippen molar-refractivity contribution in [1.29, 1.82) is 0 Å². The standard InChI is InChI=1S/C23H21N3O6/c1-23(2,3)32-22(31)25(26-20(29)16-10-6-7-11-17(16)21(26)30)13-12-24-18(27)14-8-4-5-9-15(14)19(24)28/h4-11H,12-13H2,1-3H3. The predicted octanol–water partition coefficient (Wildman–Crippen LogP) is 2.73. The molecule has 164 valence electrons. The number of carbonyl (C=O) groups is 5. The molecule has 0 radical (unpaired) electrons. The minimum absolute atomic E-state index is 0.159. The van der Waals surface area contributed by atoms with Crippen LogP contribution in [-0.2, 0) is 4.74 Å². The van der Waals surface area contributed by atoms with Gasteiger partial charge in [0, 0.05) is 6.54 Å². The molecule has 2 aliphatic rings. The van der Waals surface area contributed by atoms with Crippen molar-refractivity contribution in [3.8, 4) is 0 Å². The maximum Gasteiger partial charge on any atom is 0.429 e. The van der Waals surface area contributed by atoms with Crippen LogP contribution in [0.3, 0.4) is 0 Å². The smallest absolute Gasteiger partial charge is 0.429 e. The number of amides is 5. The van der Waals surface area contributed by atoms with Gasteiger partial charge in [0.15, 0.2) is 0 Å². The predicted molar refractivity (Wildman–Crippen MR) is 112 cm³/mol. The van der Waals surface area contributed by atoms with Gasteiger partial charge in [-0.25, -0.2) is 9.80 Å². The van der Waals surface area contributed by atoms with E-state index in [2.05, 4.69) is 0 Å². The number of ether oxygens (including phenoxy) is 1. The average molecular weight is 435 g/mol. The van der Waals surface area contributed by atoms with E-state index in [1.807, 2.05) is 0 Å². The Labute approximate surface area is 184 Å². The van der Waals surface area contributed by atoms with Crippen molar-refractivity contribution in [2.75, 3.05) is 13.1 Å². The van der Waals surface area contributed by atoms with Gasteiger partial charge < -0.3 is 4.74 Å². The van der Waals surface area contributed by atoms with Gasteiger partial charge in [0.2, 0.25) is 0 Å². The molecule has 0 saturated carbocycles. The monoisotopic (exact) mass is 435 g/mol. The summed E-state index contributed by atoms with van der Waals surface area (Å²) in [6, 6.07) is 12.6. The number of imide groups is 2. The van der Waals surface area contributed by atoms with E-state index >= 15 is 0 Å². The Hall–Kier alpha value is -4.01. The van der Waals surface area contributed by atoms with Gasteiger partial charge in [0.1, 0.15) is 5.60 Å².